The molecule has 0 aliphatic heterocycles. The van der Waals surface area contributed by atoms with Crippen LogP contribution < -0.4 is 10.9 Å². The van der Waals surface area contributed by atoms with E-state index in [1.54, 1.807) is 6.07 Å². The van der Waals surface area contributed by atoms with Gasteiger partial charge in [0.25, 0.3) is 11.4 Å². The summed E-state index contributed by atoms with van der Waals surface area (Å²) in [5, 5.41) is 16.9. The zero-order valence-electron chi connectivity index (χ0n) is 12.1. The first-order valence-electron chi connectivity index (χ1n) is 7.36. The summed E-state index contributed by atoms with van der Waals surface area (Å²) in [6.07, 6.45) is 2.25. The van der Waals surface area contributed by atoms with Crippen molar-refractivity contribution in [3.8, 4) is 11.6 Å². The number of anilines is 1. The Kier molecular flexibility index (Phi) is 2.92. The number of benzene rings is 1. The first kappa shape index (κ1) is 13.0. The van der Waals surface area contributed by atoms with Crippen molar-refractivity contribution in [1.29, 1.82) is 0 Å². The minimum atomic E-state index is -0.113. The van der Waals surface area contributed by atoms with E-state index in [0.29, 0.717) is 35.6 Å². The van der Waals surface area contributed by atoms with E-state index in [-0.39, 0.29) is 5.56 Å². The third-order valence-corrected chi connectivity index (χ3v) is 3.70. The van der Waals surface area contributed by atoms with Crippen LogP contribution in [0.1, 0.15) is 19.8 Å². The highest BCUT2D eigenvalue weighted by Gasteiger charge is 2.24. The summed E-state index contributed by atoms with van der Waals surface area (Å²) in [5.74, 6) is 0.321. The number of nitrogens with zero attached hydrogens (tertiary/aromatic N) is 4. The van der Waals surface area contributed by atoms with Crippen molar-refractivity contribution in [3.05, 3.63) is 34.6 Å². The highest BCUT2D eigenvalue weighted by Crippen LogP contribution is 2.27. The second-order valence-electron chi connectivity index (χ2n) is 5.35. The van der Waals surface area contributed by atoms with Gasteiger partial charge in [0, 0.05) is 18.0 Å². The van der Waals surface area contributed by atoms with E-state index in [9.17, 15) is 4.79 Å². The lowest BCUT2D eigenvalue weighted by atomic mass is 10.1. The number of hydrogen-bond donors (Lipinski definition) is 1. The molecule has 1 saturated carbocycles. The standard InChI is InChI=1S/C15H15N5O2/c1-2-20-14(21)11-6-4-3-5-10(11)12(19-20)13-17-18-15(22-13)16-9-7-8-9/h3-6,9H,2,7-8H2,1H3,(H,16,18). The van der Waals surface area contributed by atoms with Crippen LogP contribution in [0.15, 0.2) is 33.5 Å². The van der Waals surface area contributed by atoms with Crippen molar-refractivity contribution in [1.82, 2.24) is 20.0 Å². The molecule has 0 saturated heterocycles. The molecule has 7 heteroatoms. The Labute approximate surface area is 126 Å². The average molecular weight is 297 g/mol. The smallest absolute Gasteiger partial charge is 0.316 e. The van der Waals surface area contributed by atoms with Crippen molar-refractivity contribution in [3.63, 3.8) is 0 Å². The van der Waals surface area contributed by atoms with E-state index < -0.39 is 0 Å². The summed E-state index contributed by atoms with van der Waals surface area (Å²) in [4.78, 5) is 12.3. The van der Waals surface area contributed by atoms with Crippen molar-refractivity contribution in [2.24, 2.45) is 0 Å². The van der Waals surface area contributed by atoms with Crippen molar-refractivity contribution in [2.75, 3.05) is 5.32 Å². The molecule has 22 heavy (non-hydrogen) atoms. The van der Waals surface area contributed by atoms with E-state index in [2.05, 4.69) is 20.6 Å². The van der Waals surface area contributed by atoms with Gasteiger partial charge >= 0.3 is 6.01 Å². The van der Waals surface area contributed by atoms with Crippen molar-refractivity contribution >= 4 is 16.8 Å². The molecule has 3 aromatic rings. The van der Waals surface area contributed by atoms with Gasteiger partial charge in [-0.25, -0.2) is 4.68 Å². The zero-order chi connectivity index (χ0) is 15.1. The SMILES string of the molecule is CCn1nc(-c2nnc(NC3CC3)o2)c2ccccc2c1=O. The summed E-state index contributed by atoms with van der Waals surface area (Å²) in [6, 6.07) is 8.16. The molecule has 1 aromatic carbocycles. The van der Waals surface area contributed by atoms with Crippen LogP contribution in [0, 0.1) is 0 Å². The van der Waals surface area contributed by atoms with Crippen LogP contribution in [0.2, 0.25) is 0 Å². The lowest BCUT2D eigenvalue weighted by Crippen LogP contribution is -2.22. The van der Waals surface area contributed by atoms with Crippen LogP contribution in [0.4, 0.5) is 6.01 Å². The molecule has 2 heterocycles. The number of rotatable bonds is 4. The molecule has 0 radical (unpaired) electrons. The topological polar surface area (TPSA) is 85.8 Å². The van der Waals surface area contributed by atoms with Crippen LogP contribution in [-0.4, -0.2) is 26.0 Å². The summed E-state index contributed by atoms with van der Waals surface area (Å²) < 4.78 is 7.07. The first-order valence-corrected chi connectivity index (χ1v) is 7.36. The molecule has 2 aromatic heterocycles. The molecule has 0 spiro atoms. The predicted octanol–water partition coefficient (Wildman–Crippen LogP) is 2.04. The van der Waals surface area contributed by atoms with Gasteiger partial charge in [0.15, 0.2) is 5.69 Å². The third-order valence-electron chi connectivity index (χ3n) is 3.70. The average Bonchev–Trinajstić information content (AvgIpc) is 3.24. The van der Waals surface area contributed by atoms with Gasteiger partial charge in [-0.05, 0) is 25.8 Å². The van der Waals surface area contributed by atoms with Crippen molar-refractivity contribution < 1.29 is 4.42 Å². The lowest BCUT2D eigenvalue weighted by Gasteiger charge is -2.06. The number of fused-ring (bicyclic) bond motifs is 1. The first-order chi connectivity index (χ1) is 10.8. The van der Waals surface area contributed by atoms with Gasteiger partial charge in [-0.15, -0.1) is 5.10 Å². The molecule has 0 amide bonds. The molecule has 1 aliphatic rings. The Bertz CT molecular complexity index is 894. The maximum Gasteiger partial charge on any atom is 0.316 e. The van der Waals surface area contributed by atoms with E-state index in [1.807, 2.05) is 25.1 Å². The molecule has 1 fully saturated rings. The summed E-state index contributed by atoms with van der Waals surface area (Å²) in [7, 11) is 0. The van der Waals surface area contributed by atoms with Crippen LogP contribution in [-0.2, 0) is 6.54 Å². The number of nitrogens with one attached hydrogen (secondary N) is 1. The molecule has 0 unspecified atom stereocenters. The summed E-state index contributed by atoms with van der Waals surface area (Å²) in [5.41, 5.74) is 0.422. The molecule has 1 N–H and O–H groups in total. The fraction of sp³-hybridized carbons (Fsp3) is 0.333. The summed E-state index contributed by atoms with van der Waals surface area (Å²) in [6.45, 7) is 2.36. The number of aryl methyl sites for hydroxylation is 1. The van der Waals surface area contributed by atoms with Gasteiger partial charge in [-0.2, -0.15) is 5.10 Å². The maximum atomic E-state index is 12.3. The normalized spacial score (nSPS) is 14.4. The second-order valence-corrected chi connectivity index (χ2v) is 5.35. The molecule has 112 valence electrons. The fourth-order valence-corrected chi connectivity index (χ4v) is 2.39. The van der Waals surface area contributed by atoms with Gasteiger partial charge in [0.1, 0.15) is 0 Å². The molecule has 4 rings (SSSR count). The molecule has 1 aliphatic carbocycles. The van der Waals surface area contributed by atoms with Crippen LogP contribution in [0.3, 0.4) is 0 Å². The molecule has 0 bridgehead atoms. The largest absolute Gasteiger partial charge is 0.402 e. The highest BCUT2D eigenvalue weighted by atomic mass is 16.4. The van der Waals surface area contributed by atoms with Crippen LogP contribution >= 0.6 is 0 Å². The quantitative estimate of drug-likeness (QED) is 0.793. The maximum absolute atomic E-state index is 12.3. The second kappa shape index (κ2) is 4.94. The minimum Gasteiger partial charge on any atom is -0.402 e. The molecular weight excluding hydrogens is 282 g/mol. The number of hydrogen-bond acceptors (Lipinski definition) is 6. The Morgan fingerprint density at radius 3 is 2.77 bits per heavy atom. The Hall–Kier alpha value is -2.70. The fourth-order valence-electron chi connectivity index (χ4n) is 2.39. The Balaban J connectivity index is 1.87. The number of aromatic nitrogens is 4. The van der Waals surface area contributed by atoms with Gasteiger partial charge in [-0.1, -0.05) is 23.3 Å². The Morgan fingerprint density at radius 2 is 2.05 bits per heavy atom. The Morgan fingerprint density at radius 1 is 1.27 bits per heavy atom. The highest BCUT2D eigenvalue weighted by molar-refractivity contribution is 5.91. The predicted molar refractivity (Wildman–Crippen MR) is 81.6 cm³/mol. The van der Waals surface area contributed by atoms with Crippen LogP contribution in [0.5, 0.6) is 0 Å². The molecule has 7 nitrogen and oxygen atoms in total. The van der Waals surface area contributed by atoms with E-state index in [4.69, 9.17) is 4.42 Å². The monoisotopic (exact) mass is 297 g/mol. The van der Waals surface area contributed by atoms with Crippen LogP contribution in [0.25, 0.3) is 22.4 Å². The molecule has 0 atom stereocenters. The van der Waals surface area contributed by atoms with Crippen molar-refractivity contribution in [2.45, 2.75) is 32.4 Å². The van der Waals surface area contributed by atoms with E-state index >= 15 is 0 Å². The third kappa shape index (κ3) is 2.14. The lowest BCUT2D eigenvalue weighted by molar-refractivity contribution is 0.567. The van der Waals surface area contributed by atoms with E-state index in [1.165, 1.54) is 4.68 Å². The zero-order valence-corrected chi connectivity index (χ0v) is 12.1. The van der Waals surface area contributed by atoms with E-state index in [0.717, 1.165) is 18.2 Å². The van der Waals surface area contributed by atoms with Gasteiger partial charge in [0.05, 0.1) is 5.39 Å². The van der Waals surface area contributed by atoms with Gasteiger partial charge in [-0.3, -0.25) is 4.79 Å². The molecular formula is C15H15N5O2. The summed E-state index contributed by atoms with van der Waals surface area (Å²) >= 11 is 0. The van der Waals surface area contributed by atoms with Gasteiger partial charge < -0.3 is 9.73 Å². The minimum absolute atomic E-state index is 0.113. The van der Waals surface area contributed by atoms with Gasteiger partial charge in [0.2, 0.25) is 0 Å².